The maximum absolute atomic E-state index is 14.2. The van der Waals surface area contributed by atoms with Crippen LogP contribution < -0.4 is 10.2 Å². The molecule has 32 heavy (non-hydrogen) atoms. The fourth-order valence-electron chi connectivity index (χ4n) is 4.13. The minimum absolute atomic E-state index is 0.0873. The van der Waals surface area contributed by atoms with Crippen molar-refractivity contribution in [1.29, 1.82) is 0 Å². The van der Waals surface area contributed by atoms with E-state index in [2.05, 4.69) is 10.2 Å². The lowest BCUT2D eigenvalue weighted by molar-refractivity contribution is 0.0730. The third-order valence-electron chi connectivity index (χ3n) is 5.89. The summed E-state index contributed by atoms with van der Waals surface area (Å²) in [6, 6.07) is 10.6. The number of halogens is 1. The van der Waals surface area contributed by atoms with E-state index >= 15 is 0 Å². The van der Waals surface area contributed by atoms with Crippen molar-refractivity contribution in [2.45, 2.75) is 30.6 Å². The fraction of sp³-hybridized carbons (Fsp3) is 0.435. The molecule has 0 bridgehead atoms. The van der Waals surface area contributed by atoms with Crippen molar-refractivity contribution >= 4 is 27.3 Å². The number of sulfonamides is 1. The highest BCUT2D eigenvalue weighted by molar-refractivity contribution is 7.89. The smallest absolute Gasteiger partial charge is 0.258 e. The van der Waals surface area contributed by atoms with Gasteiger partial charge >= 0.3 is 0 Å². The van der Waals surface area contributed by atoms with E-state index in [1.807, 2.05) is 0 Å². The Balaban J connectivity index is 1.70. The van der Waals surface area contributed by atoms with Crippen LogP contribution in [0, 0.1) is 5.82 Å². The third-order valence-corrected chi connectivity index (χ3v) is 7.78. The third kappa shape index (κ3) is 4.95. The molecule has 0 aromatic heterocycles. The molecule has 2 aromatic carbocycles. The summed E-state index contributed by atoms with van der Waals surface area (Å²) in [4.78, 5) is 15.1. The number of amides is 1. The van der Waals surface area contributed by atoms with Crippen molar-refractivity contribution in [3.8, 4) is 0 Å². The summed E-state index contributed by atoms with van der Waals surface area (Å²) in [6.45, 7) is 2.90. The van der Waals surface area contributed by atoms with Gasteiger partial charge in [0.05, 0.1) is 35.0 Å². The molecule has 2 saturated heterocycles. The Hall–Kier alpha value is -2.49. The van der Waals surface area contributed by atoms with Gasteiger partial charge in [0.1, 0.15) is 5.82 Å². The number of rotatable bonds is 5. The van der Waals surface area contributed by atoms with Crippen molar-refractivity contribution < 1.29 is 22.3 Å². The molecule has 0 unspecified atom stereocenters. The zero-order valence-corrected chi connectivity index (χ0v) is 18.7. The summed E-state index contributed by atoms with van der Waals surface area (Å²) in [5.41, 5.74) is 1.03. The molecule has 1 amide bonds. The van der Waals surface area contributed by atoms with E-state index in [9.17, 15) is 17.6 Å². The molecule has 0 atom stereocenters. The van der Waals surface area contributed by atoms with Crippen molar-refractivity contribution in [3.05, 3.63) is 53.8 Å². The molecule has 2 heterocycles. The van der Waals surface area contributed by atoms with Gasteiger partial charge in [0.2, 0.25) is 10.0 Å². The second-order valence-corrected chi connectivity index (χ2v) is 9.97. The standard InChI is InChI=1S/C23H28FN3O4S/c24-20-8-4-3-7-19(20)23(28)25-21-17-18(32(29,30)27-13-15-31-16-14-27)9-10-22(21)26-11-5-1-2-6-12-26/h3-4,7-10,17H,1-2,5-6,11-16H2,(H,25,28). The normalized spacial score (nSPS) is 18.2. The molecule has 0 radical (unpaired) electrons. The van der Waals surface area contributed by atoms with Gasteiger partial charge in [0, 0.05) is 26.2 Å². The SMILES string of the molecule is O=C(Nc1cc(S(=O)(=O)N2CCOCC2)ccc1N1CCCCCC1)c1ccccc1F. The molecule has 2 aromatic rings. The molecule has 172 valence electrons. The van der Waals surface area contributed by atoms with E-state index < -0.39 is 21.7 Å². The van der Waals surface area contributed by atoms with Gasteiger partial charge in [-0.05, 0) is 43.2 Å². The fourth-order valence-corrected chi connectivity index (χ4v) is 5.57. The first-order valence-electron chi connectivity index (χ1n) is 11.0. The second-order valence-electron chi connectivity index (χ2n) is 8.03. The molecule has 0 saturated carbocycles. The van der Waals surface area contributed by atoms with Gasteiger partial charge < -0.3 is 15.0 Å². The zero-order chi connectivity index (χ0) is 22.6. The number of hydrogen-bond donors (Lipinski definition) is 1. The molecule has 1 N–H and O–H groups in total. The van der Waals surface area contributed by atoms with Gasteiger partial charge in [0.15, 0.2) is 0 Å². The molecular weight excluding hydrogens is 433 g/mol. The van der Waals surface area contributed by atoms with Gasteiger partial charge in [0.25, 0.3) is 5.91 Å². The molecule has 2 aliphatic heterocycles. The number of ether oxygens (including phenoxy) is 1. The largest absolute Gasteiger partial charge is 0.379 e. The van der Waals surface area contributed by atoms with Gasteiger partial charge in [-0.25, -0.2) is 12.8 Å². The highest BCUT2D eigenvalue weighted by atomic mass is 32.2. The Morgan fingerprint density at radius 2 is 1.62 bits per heavy atom. The first-order valence-corrected chi connectivity index (χ1v) is 12.4. The molecule has 4 rings (SSSR count). The first-order chi connectivity index (χ1) is 15.5. The van der Waals surface area contributed by atoms with Crippen LogP contribution in [0.1, 0.15) is 36.0 Å². The van der Waals surface area contributed by atoms with Crippen LogP contribution in [0.2, 0.25) is 0 Å². The Morgan fingerprint density at radius 3 is 2.31 bits per heavy atom. The average Bonchev–Trinajstić information content (AvgIpc) is 3.09. The Morgan fingerprint density at radius 1 is 0.938 bits per heavy atom. The summed E-state index contributed by atoms with van der Waals surface area (Å²) in [7, 11) is -3.74. The first kappa shape index (κ1) is 22.7. The summed E-state index contributed by atoms with van der Waals surface area (Å²) in [5, 5.41) is 2.77. The maximum Gasteiger partial charge on any atom is 0.258 e. The van der Waals surface area contributed by atoms with Crippen molar-refractivity contribution in [2.75, 3.05) is 49.6 Å². The summed E-state index contributed by atoms with van der Waals surface area (Å²) >= 11 is 0. The quantitative estimate of drug-likeness (QED) is 0.738. The lowest BCUT2D eigenvalue weighted by atomic mass is 10.1. The Labute approximate surface area is 188 Å². The van der Waals surface area contributed by atoms with E-state index in [0.29, 0.717) is 18.9 Å². The number of nitrogens with zero attached hydrogens (tertiary/aromatic N) is 2. The van der Waals surface area contributed by atoms with Crippen molar-refractivity contribution in [1.82, 2.24) is 4.31 Å². The number of nitrogens with one attached hydrogen (secondary N) is 1. The highest BCUT2D eigenvalue weighted by Crippen LogP contribution is 2.32. The van der Waals surface area contributed by atoms with Crippen LogP contribution in [-0.2, 0) is 14.8 Å². The Kier molecular flexibility index (Phi) is 7.07. The molecule has 0 aliphatic carbocycles. The summed E-state index contributed by atoms with van der Waals surface area (Å²) in [5.74, 6) is -1.24. The number of carbonyl (C=O) groups is 1. The maximum atomic E-state index is 14.2. The Bertz CT molecular complexity index is 1060. The molecule has 2 aliphatic rings. The van der Waals surface area contributed by atoms with Gasteiger partial charge in [-0.3, -0.25) is 4.79 Å². The van der Waals surface area contributed by atoms with Crippen LogP contribution >= 0.6 is 0 Å². The lowest BCUT2D eigenvalue weighted by Gasteiger charge is -2.28. The molecule has 9 heteroatoms. The summed E-state index contributed by atoms with van der Waals surface area (Å²) < 4.78 is 47.2. The van der Waals surface area contributed by atoms with E-state index in [4.69, 9.17) is 4.74 Å². The predicted molar refractivity (Wildman–Crippen MR) is 121 cm³/mol. The van der Waals surface area contributed by atoms with Crippen molar-refractivity contribution in [3.63, 3.8) is 0 Å². The molecule has 0 spiro atoms. The second kappa shape index (κ2) is 9.97. The van der Waals surface area contributed by atoms with Crippen LogP contribution in [-0.4, -0.2) is 58.0 Å². The van der Waals surface area contributed by atoms with Gasteiger partial charge in [-0.2, -0.15) is 4.31 Å². The zero-order valence-electron chi connectivity index (χ0n) is 17.9. The predicted octanol–water partition coefficient (Wildman–Crippen LogP) is 3.48. The average molecular weight is 462 g/mol. The monoisotopic (exact) mass is 461 g/mol. The van der Waals surface area contributed by atoms with E-state index in [-0.39, 0.29) is 23.5 Å². The van der Waals surface area contributed by atoms with Crippen LogP contribution in [0.25, 0.3) is 0 Å². The highest BCUT2D eigenvalue weighted by Gasteiger charge is 2.28. The number of morpholine rings is 1. The van der Waals surface area contributed by atoms with Crippen molar-refractivity contribution in [2.24, 2.45) is 0 Å². The molecule has 7 nitrogen and oxygen atoms in total. The number of carbonyl (C=O) groups excluding carboxylic acids is 1. The van der Waals surface area contributed by atoms with Crippen LogP contribution in [0.15, 0.2) is 47.4 Å². The molecule has 2 fully saturated rings. The van der Waals surface area contributed by atoms with Crippen LogP contribution in [0.3, 0.4) is 0 Å². The van der Waals surface area contributed by atoms with Gasteiger partial charge in [-0.1, -0.05) is 25.0 Å². The van der Waals surface area contributed by atoms with E-state index in [1.54, 1.807) is 18.2 Å². The minimum atomic E-state index is -3.74. The van der Waals surface area contributed by atoms with E-state index in [1.165, 1.54) is 28.6 Å². The number of anilines is 2. The summed E-state index contributed by atoms with van der Waals surface area (Å²) in [6.07, 6.45) is 4.32. The lowest BCUT2D eigenvalue weighted by Crippen LogP contribution is -2.40. The number of hydrogen-bond acceptors (Lipinski definition) is 5. The van der Waals surface area contributed by atoms with Crippen LogP contribution in [0.4, 0.5) is 15.8 Å². The minimum Gasteiger partial charge on any atom is -0.379 e. The van der Waals surface area contributed by atoms with Gasteiger partial charge in [-0.15, -0.1) is 0 Å². The van der Waals surface area contributed by atoms with Crippen LogP contribution in [0.5, 0.6) is 0 Å². The topological polar surface area (TPSA) is 79.0 Å². The molecular formula is C23H28FN3O4S. The van der Waals surface area contributed by atoms with E-state index in [0.717, 1.165) is 44.5 Å². The number of benzene rings is 2.